The Morgan fingerprint density at radius 1 is 1.38 bits per heavy atom. The summed E-state index contributed by atoms with van der Waals surface area (Å²) in [4.78, 5) is 22.2. The number of carboxylic acid groups (broad SMARTS) is 1. The van der Waals surface area contributed by atoms with E-state index in [-0.39, 0.29) is 29.0 Å². The maximum Gasteiger partial charge on any atom is 0.303 e. The molecule has 0 saturated heterocycles. The molecule has 0 heterocycles. The normalized spacial score (nSPS) is 12.0. The number of nitrogens with one attached hydrogen (secondary N) is 1. The smallest absolute Gasteiger partial charge is 0.303 e. The van der Waals surface area contributed by atoms with Gasteiger partial charge in [0.2, 0.25) is 5.91 Å². The van der Waals surface area contributed by atoms with E-state index in [1.165, 1.54) is 6.07 Å². The molecule has 0 bridgehead atoms. The fraction of sp³-hybridized carbons (Fsp3) is 0.429. The van der Waals surface area contributed by atoms with Crippen molar-refractivity contribution in [2.45, 2.75) is 37.1 Å². The summed E-state index contributed by atoms with van der Waals surface area (Å²) < 4.78 is 26.1. The monoisotopic (exact) mass is 317 g/mol. The van der Waals surface area contributed by atoms with Crippen LogP contribution in [0.2, 0.25) is 0 Å². The molecular formula is C14H17F2NO3S. The highest BCUT2D eigenvalue weighted by Gasteiger charge is 2.11. The zero-order valence-corrected chi connectivity index (χ0v) is 12.4. The Kier molecular flexibility index (Phi) is 7.14. The quantitative estimate of drug-likeness (QED) is 0.724. The zero-order chi connectivity index (χ0) is 15.8. The lowest BCUT2D eigenvalue weighted by Crippen LogP contribution is -2.33. The summed E-state index contributed by atoms with van der Waals surface area (Å²) >= 11 is 0.987. The van der Waals surface area contributed by atoms with Crippen LogP contribution in [0.4, 0.5) is 8.78 Å². The SMILES string of the molecule is CC(CCCC(=O)O)NC(=O)CSc1ccc(F)cc1F. The molecule has 1 rings (SSSR count). The number of halogens is 2. The second-order valence-corrected chi connectivity index (χ2v) is 5.64. The topological polar surface area (TPSA) is 66.4 Å². The minimum absolute atomic E-state index is 0.0197. The zero-order valence-electron chi connectivity index (χ0n) is 11.6. The predicted molar refractivity (Wildman–Crippen MR) is 76.2 cm³/mol. The average molecular weight is 317 g/mol. The van der Waals surface area contributed by atoms with Crippen LogP contribution in [0.1, 0.15) is 26.2 Å². The highest BCUT2D eigenvalue weighted by molar-refractivity contribution is 8.00. The lowest BCUT2D eigenvalue weighted by molar-refractivity contribution is -0.137. The summed E-state index contributed by atoms with van der Waals surface area (Å²) in [6.45, 7) is 1.78. The molecule has 0 aliphatic carbocycles. The molecule has 1 aromatic carbocycles. The van der Waals surface area contributed by atoms with E-state index < -0.39 is 17.6 Å². The number of carbonyl (C=O) groups is 2. The summed E-state index contributed by atoms with van der Waals surface area (Å²) in [7, 11) is 0. The van der Waals surface area contributed by atoms with Crippen LogP contribution >= 0.6 is 11.8 Å². The molecule has 0 fully saturated rings. The second-order valence-electron chi connectivity index (χ2n) is 4.62. The van der Waals surface area contributed by atoms with Crippen molar-refractivity contribution in [1.29, 1.82) is 0 Å². The van der Waals surface area contributed by atoms with Crippen LogP contribution in [0.5, 0.6) is 0 Å². The van der Waals surface area contributed by atoms with E-state index in [0.717, 1.165) is 23.9 Å². The number of hydrogen-bond acceptors (Lipinski definition) is 3. The number of thioether (sulfide) groups is 1. The fourth-order valence-electron chi connectivity index (χ4n) is 1.68. The van der Waals surface area contributed by atoms with E-state index in [9.17, 15) is 18.4 Å². The van der Waals surface area contributed by atoms with E-state index >= 15 is 0 Å². The Hall–Kier alpha value is -1.63. The highest BCUT2D eigenvalue weighted by atomic mass is 32.2. The molecule has 0 saturated carbocycles. The van der Waals surface area contributed by atoms with Crippen LogP contribution in [-0.2, 0) is 9.59 Å². The molecule has 0 aliphatic rings. The molecule has 116 valence electrons. The van der Waals surface area contributed by atoms with Gasteiger partial charge in [0.05, 0.1) is 5.75 Å². The van der Waals surface area contributed by atoms with Gasteiger partial charge in [0.1, 0.15) is 11.6 Å². The van der Waals surface area contributed by atoms with Crippen molar-refractivity contribution in [3.8, 4) is 0 Å². The number of rotatable bonds is 8. The van der Waals surface area contributed by atoms with E-state index in [2.05, 4.69) is 5.32 Å². The van der Waals surface area contributed by atoms with Crippen molar-refractivity contribution >= 4 is 23.6 Å². The van der Waals surface area contributed by atoms with E-state index in [1.807, 2.05) is 0 Å². The third kappa shape index (κ3) is 7.08. The molecule has 4 nitrogen and oxygen atoms in total. The summed E-state index contributed by atoms with van der Waals surface area (Å²) in [5.74, 6) is -2.47. The largest absolute Gasteiger partial charge is 0.481 e. The van der Waals surface area contributed by atoms with Gasteiger partial charge in [-0.25, -0.2) is 8.78 Å². The lowest BCUT2D eigenvalue weighted by atomic mass is 10.1. The lowest BCUT2D eigenvalue weighted by Gasteiger charge is -2.13. The van der Waals surface area contributed by atoms with Crippen LogP contribution < -0.4 is 5.32 Å². The van der Waals surface area contributed by atoms with Gasteiger partial charge < -0.3 is 10.4 Å². The molecule has 7 heteroatoms. The Balaban J connectivity index is 2.31. The number of carboxylic acids is 1. The van der Waals surface area contributed by atoms with Crippen LogP contribution in [0.15, 0.2) is 23.1 Å². The van der Waals surface area contributed by atoms with Crippen molar-refractivity contribution in [3.05, 3.63) is 29.8 Å². The fourth-order valence-corrected chi connectivity index (χ4v) is 2.41. The van der Waals surface area contributed by atoms with Crippen LogP contribution in [0.25, 0.3) is 0 Å². The van der Waals surface area contributed by atoms with Gasteiger partial charge in [-0.2, -0.15) is 0 Å². The molecule has 0 aliphatic heterocycles. The van der Waals surface area contributed by atoms with Crippen molar-refractivity contribution < 1.29 is 23.5 Å². The van der Waals surface area contributed by atoms with Gasteiger partial charge in [-0.3, -0.25) is 9.59 Å². The molecule has 2 N–H and O–H groups in total. The minimum atomic E-state index is -0.865. The number of aliphatic carboxylic acids is 1. The summed E-state index contributed by atoms with van der Waals surface area (Å²) in [6, 6.07) is 3.06. The average Bonchev–Trinajstić information content (AvgIpc) is 2.37. The maximum atomic E-state index is 13.4. The van der Waals surface area contributed by atoms with Crippen molar-refractivity contribution in [2.24, 2.45) is 0 Å². The minimum Gasteiger partial charge on any atom is -0.481 e. The first-order chi connectivity index (χ1) is 9.88. The van der Waals surface area contributed by atoms with E-state index in [1.54, 1.807) is 6.92 Å². The van der Waals surface area contributed by atoms with Gasteiger partial charge in [0.15, 0.2) is 0 Å². The molecule has 0 radical (unpaired) electrons. The van der Waals surface area contributed by atoms with Gasteiger partial charge >= 0.3 is 5.97 Å². The van der Waals surface area contributed by atoms with Gasteiger partial charge in [-0.05, 0) is 31.9 Å². The molecule has 1 atom stereocenters. The van der Waals surface area contributed by atoms with Gasteiger partial charge in [-0.15, -0.1) is 11.8 Å². The van der Waals surface area contributed by atoms with Crippen LogP contribution in [0.3, 0.4) is 0 Å². The van der Waals surface area contributed by atoms with Gasteiger partial charge in [-0.1, -0.05) is 0 Å². The second kappa shape index (κ2) is 8.61. The summed E-state index contributed by atoms with van der Waals surface area (Å²) in [5, 5.41) is 11.2. The van der Waals surface area contributed by atoms with Crippen molar-refractivity contribution in [1.82, 2.24) is 5.32 Å². The number of hydrogen-bond donors (Lipinski definition) is 2. The Labute approximate surface area is 125 Å². The standard InChI is InChI=1S/C14H17F2NO3S/c1-9(3-2-4-14(19)20)17-13(18)8-21-12-6-5-10(15)7-11(12)16/h5-7,9H,2-4,8H2,1H3,(H,17,18)(H,19,20). The summed E-state index contributed by atoms with van der Waals surface area (Å²) in [5.41, 5.74) is 0. The molecule has 0 spiro atoms. The van der Waals surface area contributed by atoms with Gasteiger partial charge in [0, 0.05) is 23.4 Å². The molecule has 21 heavy (non-hydrogen) atoms. The predicted octanol–water partition coefficient (Wildman–Crippen LogP) is 2.82. The first kappa shape index (κ1) is 17.4. The number of carbonyl (C=O) groups excluding carboxylic acids is 1. The third-order valence-electron chi connectivity index (χ3n) is 2.69. The molecule has 1 unspecified atom stereocenters. The summed E-state index contributed by atoms with van der Waals surface area (Å²) in [6.07, 6.45) is 1.11. The number of amides is 1. The van der Waals surface area contributed by atoms with Gasteiger partial charge in [0.25, 0.3) is 0 Å². The van der Waals surface area contributed by atoms with E-state index in [0.29, 0.717) is 12.8 Å². The highest BCUT2D eigenvalue weighted by Crippen LogP contribution is 2.22. The molecular weight excluding hydrogens is 300 g/mol. The van der Waals surface area contributed by atoms with Crippen molar-refractivity contribution in [3.63, 3.8) is 0 Å². The number of benzene rings is 1. The Morgan fingerprint density at radius 3 is 2.71 bits per heavy atom. The third-order valence-corrected chi connectivity index (χ3v) is 3.74. The van der Waals surface area contributed by atoms with Crippen molar-refractivity contribution in [2.75, 3.05) is 5.75 Å². The Morgan fingerprint density at radius 2 is 2.10 bits per heavy atom. The van der Waals surface area contributed by atoms with Crippen LogP contribution in [-0.4, -0.2) is 28.8 Å². The van der Waals surface area contributed by atoms with E-state index in [4.69, 9.17) is 5.11 Å². The first-order valence-electron chi connectivity index (χ1n) is 6.47. The van der Waals surface area contributed by atoms with Crippen LogP contribution in [0, 0.1) is 11.6 Å². The maximum absolute atomic E-state index is 13.4. The Bertz CT molecular complexity index is 511. The molecule has 0 aromatic heterocycles. The molecule has 1 amide bonds. The first-order valence-corrected chi connectivity index (χ1v) is 7.46. The molecule has 1 aromatic rings.